The van der Waals surface area contributed by atoms with Crippen molar-refractivity contribution in [3.63, 3.8) is 0 Å². The van der Waals surface area contributed by atoms with Crippen LogP contribution < -0.4 is 5.43 Å². The first-order valence-corrected chi connectivity index (χ1v) is 5.10. The van der Waals surface area contributed by atoms with Gasteiger partial charge in [0.15, 0.2) is 0 Å². The molecule has 2 nitrogen and oxygen atoms in total. The average Bonchev–Trinajstić information content (AvgIpc) is 2.53. The molecule has 1 aliphatic rings. The second-order valence-electron chi connectivity index (χ2n) is 3.23. The van der Waals surface area contributed by atoms with Crippen molar-refractivity contribution in [2.75, 3.05) is 0 Å². The van der Waals surface area contributed by atoms with Gasteiger partial charge in [0, 0.05) is 6.42 Å². The monoisotopic (exact) mass is 238 g/mol. The SMILES string of the molecule is Cc1ccccc1C1CC(Br)=NN1. The van der Waals surface area contributed by atoms with Gasteiger partial charge < -0.3 is 5.43 Å². The van der Waals surface area contributed by atoms with Gasteiger partial charge in [0.2, 0.25) is 0 Å². The number of hydrogen-bond donors (Lipinski definition) is 1. The molecule has 68 valence electrons. The topological polar surface area (TPSA) is 24.4 Å². The molecule has 0 aliphatic carbocycles. The van der Waals surface area contributed by atoms with Crippen LogP contribution in [0, 0.1) is 6.92 Å². The van der Waals surface area contributed by atoms with Crippen LogP contribution in [0.1, 0.15) is 23.6 Å². The first kappa shape index (κ1) is 8.75. The zero-order chi connectivity index (χ0) is 9.26. The molecule has 1 aromatic carbocycles. The van der Waals surface area contributed by atoms with E-state index in [2.05, 4.69) is 57.6 Å². The minimum atomic E-state index is 0.343. The van der Waals surface area contributed by atoms with E-state index in [1.807, 2.05) is 0 Å². The molecule has 1 aromatic rings. The lowest BCUT2D eigenvalue weighted by Gasteiger charge is -2.12. The molecule has 0 radical (unpaired) electrons. The fourth-order valence-electron chi connectivity index (χ4n) is 1.56. The van der Waals surface area contributed by atoms with Crippen LogP contribution in [0.4, 0.5) is 0 Å². The molecule has 3 heteroatoms. The smallest absolute Gasteiger partial charge is 0.105 e. The lowest BCUT2D eigenvalue weighted by molar-refractivity contribution is 0.617. The van der Waals surface area contributed by atoms with Crippen molar-refractivity contribution in [3.05, 3.63) is 35.4 Å². The molecule has 2 rings (SSSR count). The van der Waals surface area contributed by atoms with Gasteiger partial charge in [0.05, 0.1) is 6.04 Å². The van der Waals surface area contributed by atoms with E-state index in [-0.39, 0.29) is 0 Å². The molecule has 0 amide bonds. The molecule has 0 aromatic heterocycles. The standard InChI is InChI=1S/C10H11BrN2/c1-7-4-2-3-5-8(7)9-6-10(11)13-12-9/h2-5,9,12H,6H2,1H3. The summed E-state index contributed by atoms with van der Waals surface area (Å²) in [7, 11) is 0. The number of halogens is 1. The first-order chi connectivity index (χ1) is 6.27. The van der Waals surface area contributed by atoms with Crippen LogP contribution in [0.2, 0.25) is 0 Å². The van der Waals surface area contributed by atoms with Crippen molar-refractivity contribution in [3.8, 4) is 0 Å². The molecule has 1 N–H and O–H groups in total. The maximum Gasteiger partial charge on any atom is 0.105 e. The highest BCUT2D eigenvalue weighted by Gasteiger charge is 2.19. The van der Waals surface area contributed by atoms with Gasteiger partial charge in [-0.15, -0.1) is 0 Å². The summed E-state index contributed by atoms with van der Waals surface area (Å²) in [6.45, 7) is 2.13. The highest BCUT2D eigenvalue weighted by molar-refractivity contribution is 9.18. The second-order valence-corrected chi connectivity index (χ2v) is 4.15. The van der Waals surface area contributed by atoms with E-state index in [1.54, 1.807) is 0 Å². The van der Waals surface area contributed by atoms with Crippen LogP contribution in [-0.4, -0.2) is 4.62 Å². The summed E-state index contributed by atoms with van der Waals surface area (Å²) in [5.74, 6) is 0. The number of nitrogens with zero attached hydrogens (tertiary/aromatic N) is 1. The summed E-state index contributed by atoms with van der Waals surface area (Å²) >= 11 is 3.39. The predicted molar refractivity (Wildman–Crippen MR) is 58.0 cm³/mol. The largest absolute Gasteiger partial charge is 0.301 e. The quantitative estimate of drug-likeness (QED) is 0.800. The van der Waals surface area contributed by atoms with E-state index in [4.69, 9.17) is 0 Å². The highest BCUT2D eigenvalue weighted by Crippen LogP contribution is 2.25. The third kappa shape index (κ3) is 1.75. The first-order valence-electron chi connectivity index (χ1n) is 4.30. The number of hydrazone groups is 1. The molecular weight excluding hydrogens is 228 g/mol. The normalized spacial score (nSPS) is 21.1. The average molecular weight is 239 g/mol. The minimum absolute atomic E-state index is 0.343. The van der Waals surface area contributed by atoms with Crippen molar-refractivity contribution in [2.45, 2.75) is 19.4 Å². The number of nitrogens with one attached hydrogen (secondary N) is 1. The van der Waals surface area contributed by atoms with E-state index < -0.39 is 0 Å². The van der Waals surface area contributed by atoms with Gasteiger partial charge in [-0.3, -0.25) is 0 Å². The number of hydrogen-bond acceptors (Lipinski definition) is 2. The molecular formula is C10H11BrN2. The summed E-state index contributed by atoms with van der Waals surface area (Å²) in [4.78, 5) is 0. The minimum Gasteiger partial charge on any atom is -0.301 e. The fourth-order valence-corrected chi connectivity index (χ4v) is 1.99. The van der Waals surface area contributed by atoms with Crippen molar-refractivity contribution in [1.82, 2.24) is 5.43 Å². The van der Waals surface area contributed by atoms with Crippen molar-refractivity contribution in [1.29, 1.82) is 0 Å². The summed E-state index contributed by atoms with van der Waals surface area (Å²) in [5.41, 5.74) is 5.76. The maximum atomic E-state index is 4.12. The summed E-state index contributed by atoms with van der Waals surface area (Å²) in [6, 6.07) is 8.74. The number of benzene rings is 1. The Balaban J connectivity index is 2.23. The summed E-state index contributed by atoms with van der Waals surface area (Å²) < 4.78 is 1.00. The fraction of sp³-hybridized carbons (Fsp3) is 0.300. The molecule has 1 atom stereocenters. The molecule has 0 fully saturated rings. The van der Waals surface area contributed by atoms with E-state index in [1.165, 1.54) is 11.1 Å². The number of aryl methyl sites for hydroxylation is 1. The van der Waals surface area contributed by atoms with Crippen LogP contribution in [0.25, 0.3) is 0 Å². The third-order valence-electron chi connectivity index (χ3n) is 2.28. The van der Waals surface area contributed by atoms with Gasteiger partial charge >= 0.3 is 0 Å². The molecule has 1 aliphatic heterocycles. The molecule has 0 bridgehead atoms. The van der Waals surface area contributed by atoms with Gasteiger partial charge in [0.25, 0.3) is 0 Å². The van der Waals surface area contributed by atoms with Crippen LogP contribution in [0.3, 0.4) is 0 Å². The Morgan fingerprint density at radius 1 is 1.46 bits per heavy atom. The maximum absolute atomic E-state index is 4.12. The van der Waals surface area contributed by atoms with Crippen molar-refractivity contribution in [2.24, 2.45) is 5.10 Å². The Kier molecular flexibility index (Phi) is 2.36. The molecule has 1 heterocycles. The third-order valence-corrected chi connectivity index (χ3v) is 2.78. The van der Waals surface area contributed by atoms with Crippen LogP contribution in [-0.2, 0) is 0 Å². The lowest BCUT2D eigenvalue weighted by atomic mass is 10.0. The van der Waals surface area contributed by atoms with Crippen LogP contribution in [0.5, 0.6) is 0 Å². The zero-order valence-electron chi connectivity index (χ0n) is 7.42. The Bertz CT molecular complexity index is 347. The summed E-state index contributed by atoms with van der Waals surface area (Å²) in [5, 5.41) is 4.12. The van der Waals surface area contributed by atoms with Gasteiger partial charge in [-0.2, -0.15) is 5.10 Å². The molecule has 0 saturated carbocycles. The highest BCUT2D eigenvalue weighted by atomic mass is 79.9. The van der Waals surface area contributed by atoms with Crippen LogP contribution >= 0.6 is 15.9 Å². The van der Waals surface area contributed by atoms with Gasteiger partial charge in [0.1, 0.15) is 4.62 Å². The van der Waals surface area contributed by atoms with Crippen molar-refractivity contribution >= 4 is 20.6 Å². The summed E-state index contributed by atoms with van der Waals surface area (Å²) in [6.07, 6.45) is 0.949. The van der Waals surface area contributed by atoms with E-state index in [9.17, 15) is 0 Å². The molecule has 0 saturated heterocycles. The van der Waals surface area contributed by atoms with E-state index >= 15 is 0 Å². The zero-order valence-corrected chi connectivity index (χ0v) is 9.01. The van der Waals surface area contributed by atoms with Crippen molar-refractivity contribution < 1.29 is 0 Å². The van der Waals surface area contributed by atoms with Gasteiger partial charge in [-0.25, -0.2) is 0 Å². The second kappa shape index (κ2) is 3.50. The van der Waals surface area contributed by atoms with Gasteiger partial charge in [-0.1, -0.05) is 24.3 Å². The Morgan fingerprint density at radius 3 is 2.85 bits per heavy atom. The van der Waals surface area contributed by atoms with Gasteiger partial charge in [-0.05, 0) is 34.0 Å². The predicted octanol–water partition coefficient (Wildman–Crippen LogP) is 2.74. The van der Waals surface area contributed by atoms with Crippen LogP contribution in [0.15, 0.2) is 29.4 Å². The molecule has 0 spiro atoms. The van der Waals surface area contributed by atoms with E-state index in [0.717, 1.165) is 11.0 Å². The Morgan fingerprint density at radius 2 is 2.23 bits per heavy atom. The Hall–Kier alpha value is -0.830. The number of rotatable bonds is 1. The molecule has 1 unspecified atom stereocenters. The lowest BCUT2D eigenvalue weighted by Crippen LogP contribution is -2.10. The van der Waals surface area contributed by atoms with E-state index in [0.29, 0.717) is 6.04 Å². The Labute approximate surface area is 86.2 Å². The molecule has 13 heavy (non-hydrogen) atoms.